The maximum Gasteiger partial charge on any atom is 0.287 e. The number of hydrogen-bond donors (Lipinski definition) is 3. The van der Waals surface area contributed by atoms with Gasteiger partial charge in [-0.2, -0.15) is 0 Å². The first kappa shape index (κ1) is 18.4. The molecule has 0 radical (unpaired) electrons. The van der Waals surface area contributed by atoms with E-state index in [1.165, 1.54) is 24.3 Å². The summed E-state index contributed by atoms with van der Waals surface area (Å²) in [6.07, 6.45) is -0.115. The lowest BCUT2D eigenvalue weighted by Crippen LogP contribution is -2.32. The van der Waals surface area contributed by atoms with Crippen molar-refractivity contribution < 1.29 is 22.7 Å². The summed E-state index contributed by atoms with van der Waals surface area (Å²) in [6.45, 7) is 6.06. The lowest BCUT2D eigenvalue weighted by atomic mass is 9.87. The number of primary sulfonamides is 1. The first-order valence-corrected chi connectivity index (χ1v) is 9.06. The number of carbonyl (C=O) groups excluding carboxylic acids is 1. The molecule has 1 aromatic carbocycles. The van der Waals surface area contributed by atoms with Gasteiger partial charge < -0.3 is 14.8 Å². The van der Waals surface area contributed by atoms with Crippen molar-refractivity contribution in [3.05, 3.63) is 30.0 Å². The molecule has 2 aromatic rings. The number of fused-ring (bicyclic) bond motifs is 1. The van der Waals surface area contributed by atoms with E-state index in [2.05, 4.69) is 5.32 Å². The Labute approximate surface area is 140 Å². The molecule has 0 aliphatic heterocycles. The summed E-state index contributed by atoms with van der Waals surface area (Å²) in [6, 6.07) is 5.59. The maximum atomic E-state index is 12.1. The van der Waals surface area contributed by atoms with Gasteiger partial charge in [0.2, 0.25) is 10.0 Å². The quantitative estimate of drug-likeness (QED) is 0.753. The second kappa shape index (κ2) is 6.54. The lowest BCUT2D eigenvalue weighted by molar-refractivity contribution is 0.0549. The molecule has 1 aromatic heterocycles. The predicted octanol–water partition coefficient (Wildman–Crippen LogP) is 1.61. The van der Waals surface area contributed by atoms with Gasteiger partial charge in [-0.3, -0.25) is 4.79 Å². The zero-order chi connectivity index (χ0) is 18.1. The molecule has 0 fully saturated rings. The van der Waals surface area contributed by atoms with Gasteiger partial charge in [0.05, 0.1) is 11.0 Å². The number of amides is 1. The van der Waals surface area contributed by atoms with E-state index in [9.17, 15) is 18.3 Å². The number of aliphatic hydroxyl groups excluding tert-OH is 1. The van der Waals surface area contributed by atoms with Gasteiger partial charge in [-0.05, 0) is 36.1 Å². The zero-order valence-electron chi connectivity index (χ0n) is 13.9. The highest BCUT2D eigenvalue weighted by Crippen LogP contribution is 2.23. The van der Waals surface area contributed by atoms with Gasteiger partial charge in [-0.1, -0.05) is 20.8 Å². The number of benzene rings is 1. The van der Waals surface area contributed by atoms with Crippen molar-refractivity contribution >= 4 is 26.9 Å². The number of aliphatic hydroxyl groups is 1. The summed E-state index contributed by atoms with van der Waals surface area (Å²) in [4.78, 5) is 12.1. The van der Waals surface area contributed by atoms with E-state index in [4.69, 9.17) is 9.56 Å². The van der Waals surface area contributed by atoms with Crippen LogP contribution >= 0.6 is 0 Å². The normalized spacial score (nSPS) is 13.9. The highest BCUT2D eigenvalue weighted by atomic mass is 32.2. The molecule has 7 nitrogen and oxygen atoms in total. The molecule has 1 amide bonds. The summed E-state index contributed by atoms with van der Waals surface area (Å²) in [7, 11) is -3.81. The van der Waals surface area contributed by atoms with Crippen molar-refractivity contribution in [3.63, 3.8) is 0 Å². The van der Waals surface area contributed by atoms with Gasteiger partial charge in [0.15, 0.2) is 5.76 Å². The second-order valence-corrected chi connectivity index (χ2v) is 8.34. The molecule has 132 valence electrons. The van der Waals surface area contributed by atoms with Gasteiger partial charge in [-0.15, -0.1) is 0 Å². The standard InChI is InChI=1S/C16H22N2O5S/c1-16(2,3)14(19)6-7-18-15(20)13-9-10-8-11(24(17,21)22)4-5-12(10)23-13/h4-5,8-9,14,19H,6-7H2,1-3H3,(H,18,20)(H2,17,21,22). The summed E-state index contributed by atoms with van der Waals surface area (Å²) < 4.78 is 28.1. The number of nitrogens with two attached hydrogens (primary N) is 1. The number of furan rings is 1. The number of sulfonamides is 1. The molecule has 24 heavy (non-hydrogen) atoms. The van der Waals surface area contributed by atoms with Crippen LogP contribution in [0.4, 0.5) is 0 Å². The molecule has 8 heteroatoms. The lowest BCUT2D eigenvalue weighted by Gasteiger charge is -2.25. The van der Waals surface area contributed by atoms with Crippen LogP contribution in [-0.2, 0) is 10.0 Å². The molecule has 2 rings (SSSR count). The summed E-state index contributed by atoms with van der Waals surface area (Å²) >= 11 is 0. The van der Waals surface area contributed by atoms with Crippen LogP contribution in [-0.4, -0.2) is 32.1 Å². The molecule has 1 unspecified atom stereocenters. The van der Waals surface area contributed by atoms with Crippen molar-refractivity contribution in [1.82, 2.24) is 5.32 Å². The van der Waals surface area contributed by atoms with Gasteiger partial charge in [0, 0.05) is 11.9 Å². The van der Waals surface area contributed by atoms with Crippen molar-refractivity contribution in [2.45, 2.75) is 38.2 Å². The van der Waals surface area contributed by atoms with E-state index >= 15 is 0 Å². The predicted molar refractivity (Wildman–Crippen MR) is 90.0 cm³/mol. The molecular weight excluding hydrogens is 332 g/mol. The van der Waals surface area contributed by atoms with Crippen LogP contribution in [0.15, 0.2) is 33.6 Å². The number of hydrogen-bond acceptors (Lipinski definition) is 5. The highest BCUT2D eigenvalue weighted by Gasteiger charge is 2.22. The van der Waals surface area contributed by atoms with Gasteiger partial charge in [0.25, 0.3) is 5.91 Å². The highest BCUT2D eigenvalue weighted by molar-refractivity contribution is 7.89. The van der Waals surface area contributed by atoms with Crippen molar-refractivity contribution in [2.24, 2.45) is 10.6 Å². The number of nitrogens with one attached hydrogen (secondary N) is 1. The van der Waals surface area contributed by atoms with E-state index in [1.807, 2.05) is 20.8 Å². The van der Waals surface area contributed by atoms with Gasteiger partial charge in [0.1, 0.15) is 5.58 Å². The number of carbonyl (C=O) groups is 1. The van der Waals surface area contributed by atoms with E-state index in [-0.39, 0.29) is 16.1 Å². The molecular formula is C16H22N2O5S. The van der Waals surface area contributed by atoms with E-state index in [1.54, 1.807) is 0 Å². The third-order valence-electron chi connectivity index (χ3n) is 3.74. The third kappa shape index (κ3) is 4.34. The van der Waals surface area contributed by atoms with Crippen molar-refractivity contribution in [2.75, 3.05) is 6.54 Å². The molecule has 1 atom stereocenters. The molecule has 0 saturated heterocycles. The van der Waals surface area contributed by atoms with Crippen LogP contribution in [0.1, 0.15) is 37.7 Å². The third-order valence-corrected chi connectivity index (χ3v) is 4.65. The van der Waals surface area contributed by atoms with Crippen LogP contribution in [0.2, 0.25) is 0 Å². The Hall–Kier alpha value is -1.90. The summed E-state index contributed by atoms with van der Waals surface area (Å²) in [5, 5.41) is 18.2. The van der Waals surface area contributed by atoms with E-state index < -0.39 is 22.0 Å². The van der Waals surface area contributed by atoms with Crippen LogP contribution in [0.25, 0.3) is 11.0 Å². The minimum Gasteiger partial charge on any atom is -0.451 e. The van der Waals surface area contributed by atoms with Crippen molar-refractivity contribution in [3.8, 4) is 0 Å². The average Bonchev–Trinajstić information content (AvgIpc) is 2.88. The van der Waals surface area contributed by atoms with Gasteiger partial charge >= 0.3 is 0 Å². The molecule has 1 heterocycles. The minimum atomic E-state index is -3.81. The monoisotopic (exact) mass is 354 g/mol. The SMILES string of the molecule is CC(C)(C)C(O)CCNC(=O)c1cc2cc(S(N)(=O)=O)ccc2o1. The van der Waals surface area contributed by atoms with Crippen LogP contribution in [0.5, 0.6) is 0 Å². The molecule has 0 saturated carbocycles. The first-order chi connectivity index (χ1) is 11.0. The maximum absolute atomic E-state index is 12.1. The fourth-order valence-electron chi connectivity index (χ4n) is 2.15. The molecule has 0 aliphatic carbocycles. The fourth-order valence-corrected chi connectivity index (χ4v) is 2.70. The Morgan fingerprint density at radius 3 is 2.58 bits per heavy atom. The summed E-state index contributed by atoms with van der Waals surface area (Å²) in [5.41, 5.74) is 0.135. The molecule has 0 bridgehead atoms. The fraction of sp³-hybridized carbons (Fsp3) is 0.438. The Kier molecular flexibility index (Phi) is 5.03. The summed E-state index contributed by atoms with van der Waals surface area (Å²) in [5.74, 6) is -0.355. The Morgan fingerprint density at radius 2 is 2.00 bits per heavy atom. The first-order valence-electron chi connectivity index (χ1n) is 7.51. The minimum absolute atomic E-state index is 0.0453. The molecule has 4 N–H and O–H groups in total. The smallest absolute Gasteiger partial charge is 0.287 e. The second-order valence-electron chi connectivity index (χ2n) is 6.78. The Morgan fingerprint density at radius 1 is 1.33 bits per heavy atom. The molecule has 0 spiro atoms. The topological polar surface area (TPSA) is 123 Å². The van der Waals surface area contributed by atoms with Crippen LogP contribution in [0.3, 0.4) is 0 Å². The average molecular weight is 354 g/mol. The van der Waals surface area contributed by atoms with Crippen LogP contribution in [0, 0.1) is 5.41 Å². The van der Waals surface area contributed by atoms with Crippen LogP contribution < -0.4 is 10.5 Å². The Bertz CT molecular complexity index is 849. The largest absolute Gasteiger partial charge is 0.451 e. The number of rotatable bonds is 5. The van der Waals surface area contributed by atoms with Gasteiger partial charge in [-0.25, -0.2) is 13.6 Å². The van der Waals surface area contributed by atoms with E-state index in [0.717, 1.165) is 0 Å². The zero-order valence-corrected chi connectivity index (χ0v) is 14.7. The molecule has 0 aliphatic rings. The van der Waals surface area contributed by atoms with Crippen molar-refractivity contribution in [1.29, 1.82) is 0 Å². The Balaban J connectivity index is 2.08. The van der Waals surface area contributed by atoms with E-state index in [0.29, 0.717) is 23.9 Å².